The van der Waals surface area contributed by atoms with E-state index in [0.717, 1.165) is 30.6 Å². The first-order chi connectivity index (χ1) is 18.9. The summed E-state index contributed by atoms with van der Waals surface area (Å²) in [4.78, 5) is 31.9. The maximum Gasteiger partial charge on any atom is 0.254 e. The molecule has 0 radical (unpaired) electrons. The number of ether oxygens (including phenoxy) is 2. The highest BCUT2D eigenvalue weighted by Crippen LogP contribution is 2.34. The second-order valence-electron chi connectivity index (χ2n) is 10.5. The maximum atomic E-state index is 13.9. The Morgan fingerprint density at radius 3 is 2.72 bits per heavy atom. The average Bonchev–Trinajstić information content (AvgIpc) is 3.63. The van der Waals surface area contributed by atoms with Gasteiger partial charge < -0.3 is 19.3 Å². The van der Waals surface area contributed by atoms with Crippen LogP contribution in [-0.4, -0.2) is 60.6 Å². The molecule has 0 aliphatic carbocycles. The lowest BCUT2D eigenvalue weighted by Crippen LogP contribution is -2.49. The number of carbonyl (C=O) groups excluding carboxylic acids is 2. The van der Waals surface area contributed by atoms with Crippen molar-refractivity contribution in [3.05, 3.63) is 87.4 Å². The second-order valence-corrected chi connectivity index (χ2v) is 11.5. The van der Waals surface area contributed by atoms with E-state index in [2.05, 4.69) is 37.4 Å². The van der Waals surface area contributed by atoms with Crippen molar-refractivity contribution < 1.29 is 23.5 Å². The summed E-state index contributed by atoms with van der Waals surface area (Å²) in [7, 11) is 0. The molecule has 6 nitrogen and oxygen atoms in total. The van der Waals surface area contributed by atoms with E-state index in [0.29, 0.717) is 32.2 Å². The molecule has 1 aromatic heterocycles. The Balaban J connectivity index is 1.34. The Labute approximate surface area is 233 Å². The minimum Gasteiger partial charge on any atom is -0.491 e. The van der Waals surface area contributed by atoms with Crippen molar-refractivity contribution in [3.63, 3.8) is 0 Å². The van der Waals surface area contributed by atoms with E-state index in [4.69, 9.17) is 9.47 Å². The molecule has 3 aromatic rings. The van der Waals surface area contributed by atoms with Gasteiger partial charge in [0.2, 0.25) is 5.91 Å². The van der Waals surface area contributed by atoms with E-state index in [1.807, 2.05) is 17.0 Å². The Kier molecular flexibility index (Phi) is 8.63. The van der Waals surface area contributed by atoms with Crippen molar-refractivity contribution in [3.8, 4) is 5.75 Å². The van der Waals surface area contributed by atoms with Crippen molar-refractivity contribution in [2.45, 2.75) is 51.2 Å². The van der Waals surface area contributed by atoms with Crippen LogP contribution in [0.1, 0.15) is 65.0 Å². The van der Waals surface area contributed by atoms with Crippen molar-refractivity contribution in [2.24, 2.45) is 0 Å². The number of fused-ring (bicyclic) bond motifs is 1. The molecule has 1 fully saturated rings. The number of hydrogen-bond acceptors (Lipinski definition) is 5. The molecule has 0 bridgehead atoms. The highest BCUT2D eigenvalue weighted by atomic mass is 32.1. The van der Waals surface area contributed by atoms with E-state index in [1.54, 1.807) is 17.4 Å². The largest absolute Gasteiger partial charge is 0.491 e. The molecule has 8 heteroatoms. The summed E-state index contributed by atoms with van der Waals surface area (Å²) in [5, 5.41) is 2.06. The van der Waals surface area contributed by atoms with Gasteiger partial charge in [-0.25, -0.2) is 4.39 Å². The lowest BCUT2D eigenvalue weighted by molar-refractivity contribution is -0.135. The van der Waals surface area contributed by atoms with Gasteiger partial charge in [0.25, 0.3) is 5.91 Å². The molecular formula is C31H35FN2O4S. The molecule has 0 N–H and O–H groups in total. The third kappa shape index (κ3) is 6.50. The monoisotopic (exact) mass is 550 g/mol. The van der Waals surface area contributed by atoms with Crippen LogP contribution >= 0.6 is 11.3 Å². The summed E-state index contributed by atoms with van der Waals surface area (Å²) in [6.07, 6.45) is 2.38. The maximum absolute atomic E-state index is 13.9. The number of benzene rings is 2. The Morgan fingerprint density at radius 1 is 1.18 bits per heavy atom. The quantitative estimate of drug-likeness (QED) is 0.336. The molecule has 2 aliphatic heterocycles. The normalized spacial score (nSPS) is 18.7. The SMILES string of the molecule is CC(C)c1ccc(OC[C@@H]2c3ccsc3CCN2C(=O)CN(C[C@@H]2CCCO2)C(=O)c2cccc(F)c2)cc1. The number of thiophene rings is 1. The van der Waals surface area contributed by atoms with Crippen LogP contribution in [-0.2, 0) is 16.0 Å². The van der Waals surface area contributed by atoms with Crippen LogP contribution < -0.4 is 4.74 Å². The van der Waals surface area contributed by atoms with Gasteiger partial charge >= 0.3 is 0 Å². The molecule has 3 heterocycles. The van der Waals surface area contributed by atoms with Gasteiger partial charge in [-0.05, 0) is 78.1 Å². The van der Waals surface area contributed by atoms with Gasteiger partial charge in [0, 0.05) is 30.1 Å². The fraction of sp³-hybridized carbons (Fsp3) is 0.419. The second kappa shape index (κ2) is 12.3. The van der Waals surface area contributed by atoms with Crippen LogP contribution in [0.3, 0.4) is 0 Å². The van der Waals surface area contributed by atoms with Crippen LogP contribution in [0.4, 0.5) is 4.39 Å². The van der Waals surface area contributed by atoms with Gasteiger partial charge in [-0.3, -0.25) is 9.59 Å². The van der Waals surface area contributed by atoms with Crippen LogP contribution in [0, 0.1) is 5.82 Å². The van der Waals surface area contributed by atoms with Gasteiger partial charge in [-0.2, -0.15) is 0 Å². The molecule has 206 valence electrons. The number of halogens is 1. The van der Waals surface area contributed by atoms with Gasteiger partial charge in [0.05, 0.1) is 12.1 Å². The molecule has 2 atom stereocenters. The van der Waals surface area contributed by atoms with Crippen LogP contribution in [0.5, 0.6) is 5.75 Å². The van der Waals surface area contributed by atoms with E-state index in [9.17, 15) is 14.0 Å². The van der Waals surface area contributed by atoms with Crippen molar-refractivity contribution >= 4 is 23.2 Å². The standard InChI is InChI=1S/C31H35FN2O4S/c1-21(2)22-8-10-25(11-9-22)38-20-28-27-13-16-39-29(27)12-14-34(28)30(35)19-33(18-26-7-4-15-37-26)31(36)23-5-3-6-24(32)17-23/h3,5-6,8-11,13,16-17,21,26,28H,4,7,12,14-15,18-20H2,1-2H3/t26-,28+/m0/s1. The highest BCUT2D eigenvalue weighted by Gasteiger charge is 2.34. The van der Waals surface area contributed by atoms with Crippen LogP contribution in [0.15, 0.2) is 60.0 Å². The zero-order valence-electron chi connectivity index (χ0n) is 22.5. The third-order valence-corrected chi connectivity index (χ3v) is 8.50. The molecule has 39 heavy (non-hydrogen) atoms. The zero-order valence-corrected chi connectivity index (χ0v) is 23.3. The minimum atomic E-state index is -0.482. The summed E-state index contributed by atoms with van der Waals surface area (Å²) >= 11 is 1.70. The van der Waals surface area contributed by atoms with Crippen LogP contribution in [0.2, 0.25) is 0 Å². The number of carbonyl (C=O) groups is 2. The lowest BCUT2D eigenvalue weighted by atomic mass is 10.00. The first-order valence-corrected chi connectivity index (χ1v) is 14.5. The zero-order chi connectivity index (χ0) is 27.4. The molecule has 2 aliphatic rings. The number of rotatable bonds is 9. The van der Waals surface area contributed by atoms with E-state index >= 15 is 0 Å². The topological polar surface area (TPSA) is 59.1 Å². The van der Waals surface area contributed by atoms with E-state index in [1.165, 1.54) is 33.5 Å². The van der Waals surface area contributed by atoms with Crippen molar-refractivity contribution in [2.75, 3.05) is 32.8 Å². The fourth-order valence-corrected chi connectivity index (χ4v) is 6.24. The predicted molar refractivity (Wildman–Crippen MR) is 150 cm³/mol. The Hall–Kier alpha value is -3.23. The van der Waals surface area contributed by atoms with E-state index < -0.39 is 5.82 Å². The molecule has 1 saturated heterocycles. The summed E-state index contributed by atoms with van der Waals surface area (Å²) in [5.41, 5.74) is 2.57. The minimum absolute atomic E-state index is 0.103. The average molecular weight is 551 g/mol. The number of hydrogen-bond donors (Lipinski definition) is 0. The summed E-state index contributed by atoms with van der Waals surface area (Å²) < 4.78 is 25.9. The first kappa shape index (κ1) is 27.3. The molecule has 0 saturated carbocycles. The van der Waals surface area contributed by atoms with Gasteiger partial charge in [-0.1, -0.05) is 32.0 Å². The van der Waals surface area contributed by atoms with Gasteiger partial charge in [0.1, 0.15) is 24.7 Å². The smallest absolute Gasteiger partial charge is 0.254 e. The summed E-state index contributed by atoms with van der Waals surface area (Å²) in [6, 6.07) is 15.5. The Bertz CT molecular complexity index is 1290. The van der Waals surface area contributed by atoms with Crippen molar-refractivity contribution in [1.82, 2.24) is 9.80 Å². The lowest BCUT2D eigenvalue weighted by Gasteiger charge is -2.37. The van der Waals surface area contributed by atoms with Crippen molar-refractivity contribution in [1.29, 1.82) is 0 Å². The fourth-order valence-electron chi connectivity index (χ4n) is 5.31. The first-order valence-electron chi connectivity index (χ1n) is 13.6. The molecule has 0 spiro atoms. The summed E-state index contributed by atoms with van der Waals surface area (Å²) in [6.45, 7) is 6.01. The molecule has 2 aromatic carbocycles. The summed E-state index contributed by atoms with van der Waals surface area (Å²) in [5.74, 6) is 0.189. The third-order valence-electron chi connectivity index (χ3n) is 7.50. The molecule has 2 amide bonds. The molecular weight excluding hydrogens is 515 g/mol. The van der Waals surface area contributed by atoms with Gasteiger partial charge in [-0.15, -0.1) is 11.3 Å². The Morgan fingerprint density at radius 2 is 2.00 bits per heavy atom. The predicted octanol–water partition coefficient (Wildman–Crippen LogP) is 5.84. The van der Waals surface area contributed by atoms with E-state index in [-0.39, 0.29) is 36.1 Å². The number of nitrogens with zero attached hydrogens (tertiary/aromatic N) is 2. The van der Waals surface area contributed by atoms with Crippen LogP contribution in [0.25, 0.3) is 0 Å². The molecule has 0 unspecified atom stereocenters. The van der Waals surface area contributed by atoms with Gasteiger partial charge in [0.15, 0.2) is 0 Å². The molecule has 5 rings (SSSR count). The highest BCUT2D eigenvalue weighted by molar-refractivity contribution is 7.10. The number of amides is 2.